The van der Waals surface area contributed by atoms with Gasteiger partial charge in [0.1, 0.15) is 11.5 Å². The van der Waals surface area contributed by atoms with Crippen molar-refractivity contribution in [3.63, 3.8) is 0 Å². The SMILES string of the molecule is C=CCCN(NC(=O)c1cccc(OC)c1C)C(=O)c1cc(C)c(OC)c(C)c1. The number of carbonyl (C=O) groups is 2. The summed E-state index contributed by atoms with van der Waals surface area (Å²) in [6, 6.07) is 8.75. The molecule has 0 saturated carbocycles. The molecular weight excluding hydrogens is 368 g/mol. The van der Waals surface area contributed by atoms with Gasteiger partial charge in [0.25, 0.3) is 11.8 Å². The second-order valence-corrected chi connectivity index (χ2v) is 6.75. The lowest BCUT2D eigenvalue weighted by atomic mass is 10.0. The highest BCUT2D eigenvalue weighted by Gasteiger charge is 2.21. The van der Waals surface area contributed by atoms with Crippen molar-refractivity contribution in [2.45, 2.75) is 27.2 Å². The van der Waals surface area contributed by atoms with Crippen molar-refractivity contribution < 1.29 is 19.1 Å². The van der Waals surface area contributed by atoms with Crippen LogP contribution >= 0.6 is 0 Å². The van der Waals surface area contributed by atoms with Gasteiger partial charge in [-0.15, -0.1) is 6.58 Å². The number of nitrogens with zero attached hydrogens (tertiary/aromatic N) is 1. The summed E-state index contributed by atoms with van der Waals surface area (Å²) in [6.07, 6.45) is 2.24. The van der Waals surface area contributed by atoms with Crippen LogP contribution in [0.5, 0.6) is 11.5 Å². The average Bonchev–Trinajstić information content (AvgIpc) is 2.70. The largest absolute Gasteiger partial charge is 0.496 e. The number of benzene rings is 2. The maximum absolute atomic E-state index is 13.1. The lowest BCUT2D eigenvalue weighted by Gasteiger charge is -2.24. The number of carbonyl (C=O) groups excluding carboxylic acids is 2. The zero-order valence-electron chi connectivity index (χ0n) is 17.7. The van der Waals surface area contributed by atoms with Crippen molar-refractivity contribution in [1.82, 2.24) is 10.4 Å². The van der Waals surface area contributed by atoms with Crippen molar-refractivity contribution in [2.75, 3.05) is 20.8 Å². The van der Waals surface area contributed by atoms with E-state index in [4.69, 9.17) is 9.47 Å². The monoisotopic (exact) mass is 396 g/mol. The molecule has 29 heavy (non-hydrogen) atoms. The van der Waals surface area contributed by atoms with Crippen LogP contribution in [-0.4, -0.2) is 37.6 Å². The van der Waals surface area contributed by atoms with Crippen molar-refractivity contribution >= 4 is 11.8 Å². The number of hydrazine groups is 1. The Kier molecular flexibility index (Phi) is 7.42. The molecule has 0 fully saturated rings. The molecule has 0 bridgehead atoms. The Morgan fingerprint density at radius 2 is 1.76 bits per heavy atom. The Balaban J connectivity index is 2.33. The standard InChI is InChI=1S/C23H28N2O4/c1-7-8-12-25(23(27)18-13-15(2)21(29-6)16(3)14-18)24-22(26)19-10-9-11-20(28-5)17(19)4/h7,9-11,13-14H,1,8,12H2,2-6H3,(H,24,26). The summed E-state index contributed by atoms with van der Waals surface area (Å²) in [7, 11) is 3.15. The number of methoxy groups -OCH3 is 2. The molecule has 6 nitrogen and oxygen atoms in total. The molecule has 0 atom stereocenters. The number of hydrogen-bond acceptors (Lipinski definition) is 4. The maximum Gasteiger partial charge on any atom is 0.272 e. The molecule has 2 amide bonds. The van der Waals surface area contributed by atoms with Gasteiger partial charge in [-0.2, -0.15) is 0 Å². The third-order valence-corrected chi connectivity index (χ3v) is 4.70. The van der Waals surface area contributed by atoms with Crippen LogP contribution in [0.1, 0.15) is 43.8 Å². The van der Waals surface area contributed by atoms with E-state index in [2.05, 4.69) is 12.0 Å². The van der Waals surface area contributed by atoms with E-state index in [0.29, 0.717) is 35.4 Å². The highest BCUT2D eigenvalue weighted by atomic mass is 16.5. The molecule has 0 unspecified atom stereocenters. The fourth-order valence-corrected chi connectivity index (χ4v) is 3.24. The Labute approximate surface area is 172 Å². The van der Waals surface area contributed by atoms with Crippen molar-refractivity contribution in [3.8, 4) is 11.5 Å². The second kappa shape index (κ2) is 9.78. The molecule has 0 aromatic heterocycles. The number of rotatable bonds is 7. The highest BCUT2D eigenvalue weighted by Crippen LogP contribution is 2.25. The molecule has 0 heterocycles. The molecule has 0 aliphatic rings. The van der Waals surface area contributed by atoms with Crippen LogP contribution in [0.25, 0.3) is 0 Å². The van der Waals surface area contributed by atoms with Gasteiger partial charge in [-0.05, 0) is 62.6 Å². The summed E-state index contributed by atoms with van der Waals surface area (Å²) >= 11 is 0. The van der Waals surface area contributed by atoms with Gasteiger partial charge in [-0.3, -0.25) is 15.0 Å². The first-order chi connectivity index (χ1) is 13.8. The minimum atomic E-state index is -0.374. The summed E-state index contributed by atoms with van der Waals surface area (Å²) in [4.78, 5) is 26.0. The van der Waals surface area contributed by atoms with Gasteiger partial charge >= 0.3 is 0 Å². The average molecular weight is 396 g/mol. The van der Waals surface area contributed by atoms with E-state index in [9.17, 15) is 9.59 Å². The molecule has 2 rings (SSSR count). The minimum absolute atomic E-state index is 0.297. The van der Waals surface area contributed by atoms with E-state index < -0.39 is 0 Å². The summed E-state index contributed by atoms with van der Waals surface area (Å²) in [6.45, 7) is 9.59. The minimum Gasteiger partial charge on any atom is -0.496 e. The van der Waals surface area contributed by atoms with E-state index in [1.54, 1.807) is 57.6 Å². The molecule has 1 N–H and O–H groups in total. The number of nitrogens with one attached hydrogen (secondary N) is 1. The quantitative estimate of drug-likeness (QED) is 0.568. The first kappa shape index (κ1) is 22.0. The molecule has 2 aromatic rings. The van der Waals surface area contributed by atoms with Crippen molar-refractivity contribution in [1.29, 1.82) is 0 Å². The molecule has 0 saturated heterocycles. The zero-order chi connectivity index (χ0) is 21.6. The first-order valence-corrected chi connectivity index (χ1v) is 9.36. The van der Waals surface area contributed by atoms with Gasteiger partial charge in [0, 0.05) is 23.2 Å². The van der Waals surface area contributed by atoms with Crippen LogP contribution in [0, 0.1) is 20.8 Å². The van der Waals surface area contributed by atoms with E-state index in [-0.39, 0.29) is 11.8 Å². The van der Waals surface area contributed by atoms with Gasteiger partial charge in [-0.1, -0.05) is 12.1 Å². The third-order valence-electron chi connectivity index (χ3n) is 4.70. The number of aryl methyl sites for hydroxylation is 2. The van der Waals surface area contributed by atoms with Crippen LogP contribution in [-0.2, 0) is 0 Å². The van der Waals surface area contributed by atoms with Gasteiger partial charge < -0.3 is 9.47 Å². The summed E-state index contributed by atoms with van der Waals surface area (Å²) in [5.74, 6) is 0.689. The second-order valence-electron chi connectivity index (χ2n) is 6.75. The lowest BCUT2D eigenvalue weighted by Crippen LogP contribution is -2.46. The summed E-state index contributed by atoms with van der Waals surface area (Å²) in [5.41, 5.74) is 6.08. The van der Waals surface area contributed by atoms with Crippen molar-refractivity contribution in [2.24, 2.45) is 0 Å². The van der Waals surface area contributed by atoms with Crippen LogP contribution in [0.4, 0.5) is 0 Å². The van der Waals surface area contributed by atoms with Gasteiger partial charge in [0.15, 0.2) is 0 Å². The van der Waals surface area contributed by atoms with Crippen LogP contribution in [0.3, 0.4) is 0 Å². The summed E-state index contributed by atoms with van der Waals surface area (Å²) < 4.78 is 10.7. The van der Waals surface area contributed by atoms with E-state index in [1.807, 2.05) is 13.8 Å². The zero-order valence-corrected chi connectivity index (χ0v) is 17.7. The fourth-order valence-electron chi connectivity index (χ4n) is 3.24. The van der Waals surface area contributed by atoms with Crippen LogP contribution < -0.4 is 14.9 Å². The third kappa shape index (κ3) is 4.96. The molecule has 6 heteroatoms. The molecule has 0 aliphatic heterocycles. The normalized spacial score (nSPS) is 10.2. The predicted molar refractivity (Wildman–Crippen MR) is 114 cm³/mol. The fraction of sp³-hybridized carbons (Fsp3) is 0.304. The number of amides is 2. The van der Waals surface area contributed by atoms with E-state index in [0.717, 1.165) is 16.9 Å². The predicted octanol–water partition coefficient (Wildman–Crippen LogP) is 3.99. The van der Waals surface area contributed by atoms with Crippen LogP contribution in [0.2, 0.25) is 0 Å². The summed E-state index contributed by atoms with van der Waals surface area (Å²) in [5, 5.41) is 1.32. The Morgan fingerprint density at radius 3 is 2.31 bits per heavy atom. The molecular formula is C23H28N2O4. The Morgan fingerprint density at radius 1 is 1.10 bits per heavy atom. The smallest absolute Gasteiger partial charge is 0.272 e. The number of ether oxygens (including phenoxy) is 2. The van der Waals surface area contributed by atoms with Gasteiger partial charge in [-0.25, -0.2) is 5.01 Å². The Bertz CT molecular complexity index is 898. The van der Waals surface area contributed by atoms with Crippen molar-refractivity contribution in [3.05, 3.63) is 70.8 Å². The molecule has 0 aliphatic carbocycles. The van der Waals surface area contributed by atoms with E-state index in [1.165, 1.54) is 5.01 Å². The Hall–Kier alpha value is -3.28. The van der Waals surface area contributed by atoms with E-state index >= 15 is 0 Å². The van der Waals surface area contributed by atoms with Gasteiger partial charge in [0.05, 0.1) is 14.2 Å². The molecule has 0 spiro atoms. The molecule has 0 radical (unpaired) electrons. The first-order valence-electron chi connectivity index (χ1n) is 9.36. The van der Waals surface area contributed by atoms with Gasteiger partial charge in [0.2, 0.25) is 0 Å². The molecule has 2 aromatic carbocycles. The highest BCUT2D eigenvalue weighted by molar-refractivity contribution is 6.00. The number of hydrogen-bond donors (Lipinski definition) is 1. The molecule has 154 valence electrons. The lowest BCUT2D eigenvalue weighted by molar-refractivity contribution is 0.0586. The topological polar surface area (TPSA) is 67.9 Å². The van der Waals surface area contributed by atoms with Crippen LogP contribution in [0.15, 0.2) is 43.0 Å². The maximum atomic E-state index is 13.1.